The van der Waals surface area contributed by atoms with Crippen molar-refractivity contribution in [2.45, 2.75) is 32.2 Å². The van der Waals surface area contributed by atoms with Gasteiger partial charge in [0.25, 0.3) is 5.91 Å². The summed E-state index contributed by atoms with van der Waals surface area (Å²) in [5, 5.41) is 1.97. The summed E-state index contributed by atoms with van der Waals surface area (Å²) in [4.78, 5) is 30.2. The van der Waals surface area contributed by atoms with Crippen molar-refractivity contribution in [2.24, 2.45) is 0 Å². The monoisotopic (exact) mass is 324 g/mol. The lowest BCUT2D eigenvalue weighted by Crippen LogP contribution is -2.92. The third-order valence-corrected chi connectivity index (χ3v) is 4.42. The van der Waals surface area contributed by atoms with Crippen LogP contribution in [0.4, 0.5) is 5.69 Å². The smallest absolute Gasteiger partial charge is 0.292 e. The molecule has 0 unspecified atom stereocenters. The molecule has 124 valence electrons. The van der Waals surface area contributed by atoms with Gasteiger partial charge in [-0.15, -0.1) is 0 Å². The Morgan fingerprint density at radius 3 is 2.46 bits per heavy atom. The van der Waals surface area contributed by atoms with E-state index >= 15 is 0 Å². The van der Waals surface area contributed by atoms with Crippen LogP contribution in [0, 0.1) is 0 Å². The van der Waals surface area contributed by atoms with E-state index in [9.17, 15) is 9.59 Å². The number of benzene rings is 1. The number of amides is 2. The largest absolute Gasteiger partial charge is 0.335 e. The molecule has 2 amide bonds. The first-order valence-electron chi connectivity index (χ1n) is 8.37. The molecule has 1 fully saturated rings. The number of rotatable bonds is 6. The summed E-state index contributed by atoms with van der Waals surface area (Å²) < 4.78 is 0. The maximum absolute atomic E-state index is 12.6. The van der Waals surface area contributed by atoms with Gasteiger partial charge in [0.2, 0.25) is 5.91 Å². The SMILES string of the molecule is CCc1ccc(N2C(=O)C[C@H]([NH2+]CCc3ccncc3)C2=O)cc1. The lowest BCUT2D eigenvalue weighted by molar-refractivity contribution is -0.674. The van der Waals surface area contributed by atoms with Gasteiger partial charge in [-0.1, -0.05) is 19.1 Å². The van der Waals surface area contributed by atoms with Crippen molar-refractivity contribution in [3.8, 4) is 0 Å². The molecular weight excluding hydrogens is 302 g/mol. The molecule has 1 aromatic carbocycles. The zero-order valence-corrected chi connectivity index (χ0v) is 13.8. The predicted molar refractivity (Wildman–Crippen MR) is 91.5 cm³/mol. The van der Waals surface area contributed by atoms with Crippen LogP contribution in [0.3, 0.4) is 0 Å². The summed E-state index contributed by atoms with van der Waals surface area (Å²) in [6, 6.07) is 11.3. The second-order valence-corrected chi connectivity index (χ2v) is 6.03. The summed E-state index contributed by atoms with van der Waals surface area (Å²) >= 11 is 0. The first kappa shape index (κ1) is 16.3. The van der Waals surface area contributed by atoms with E-state index in [4.69, 9.17) is 0 Å². The van der Waals surface area contributed by atoms with E-state index in [2.05, 4.69) is 11.9 Å². The van der Waals surface area contributed by atoms with Crippen LogP contribution in [-0.4, -0.2) is 29.4 Å². The van der Waals surface area contributed by atoms with Crippen molar-refractivity contribution >= 4 is 17.5 Å². The number of quaternary nitrogens is 1. The van der Waals surface area contributed by atoms with Gasteiger partial charge in [0.1, 0.15) is 0 Å². The van der Waals surface area contributed by atoms with E-state index in [1.54, 1.807) is 12.4 Å². The molecule has 1 aliphatic rings. The van der Waals surface area contributed by atoms with Crippen molar-refractivity contribution in [1.29, 1.82) is 0 Å². The van der Waals surface area contributed by atoms with Crippen LogP contribution in [0.15, 0.2) is 48.8 Å². The Kier molecular flexibility index (Phi) is 5.01. The second kappa shape index (κ2) is 7.36. The normalized spacial score (nSPS) is 17.5. The molecule has 2 N–H and O–H groups in total. The highest BCUT2D eigenvalue weighted by molar-refractivity contribution is 6.21. The van der Waals surface area contributed by atoms with Crippen LogP contribution in [-0.2, 0) is 22.4 Å². The van der Waals surface area contributed by atoms with Crippen molar-refractivity contribution < 1.29 is 14.9 Å². The summed E-state index contributed by atoms with van der Waals surface area (Å²) in [5.74, 6) is -0.228. The van der Waals surface area contributed by atoms with E-state index < -0.39 is 0 Å². The molecule has 0 spiro atoms. The number of imide groups is 1. The van der Waals surface area contributed by atoms with Gasteiger partial charge in [-0.3, -0.25) is 14.6 Å². The maximum atomic E-state index is 12.6. The first-order valence-corrected chi connectivity index (χ1v) is 8.37. The minimum atomic E-state index is -0.315. The number of nitrogens with zero attached hydrogens (tertiary/aromatic N) is 2. The molecule has 0 bridgehead atoms. The molecular formula is C19H22N3O2+. The highest BCUT2D eigenvalue weighted by Gasteiger charge is 2.41. The number of carbonyl (C=O) groups is 2. The van der Waals surface area contributed by atoms with Gasteiger partial charge in [0, 0.05) is 18.8 Å². The second-order valence-electron chi connectivity index (χ2n) is 6.03. The number of aromatic nitrogens is 1. The molecule has 0 radical (unpaired) electrons. The molecule has 2 aromatic rings. The molecule has 1 atom stereocenters. The van der Waals surface area contributed by atoms with E-state index in [0.717, 1.165) is 19.4 Å². The van der Waals surface area contributed by atoms with Crippen LogP contribution in [0.1, 0.15) is 24.5 Å². The number of hydrogen-bond donors (Lipinski definition) is 1. The molecule has 0 saturated carbocycles. The van der Waals surface area contributed by atoms with Gasteiger partial charge in [0.05, 0.1) is 18.7 Å². The lowest BCUT2D eigenvalue weighted by Gasteiger charge is -2.14. The Bertz CT molecular complexity index is 713. The van der Waals surface area contributed by atoms with E-state index in [0.29, 0.717) is 5.69 Å². The molecule has 24 heavy (non-hydrogen) atoms. The Labute approximate surface area is 141 Å². The van der Waals surface area contributed by atoms with Crippen molar-refractivity contribution in [1.82, 2.24) is 4.98 Å². The number of pyridine rings is 1. The van der Waals surface area contributed by atoms with E-state index in [1.807, 2.05) is 41.7 Å². The molecule has 2 heterocycles. The minimum Gasteiger partial charge on any atom is -0.335 e. The number of nitrogens with two attached hydrogens (primary N) is 1. The van der Waals surface area contributed by atoms with Crippen molar-refractivity contribution in [3.63, 3.8) is 0 Å². The van der Waals surface area contributed by atoms with Crippen LogP contribution in [0.25, 0.3) is 0 Å². The molecule has 0 aliphatic carbocycles. The van der Waals surface area contributed by atoms with Crippen LogP contribution < -0.4 is 10.2 Å². The predicted octanol–water partition coefficient (Wildman–Crippen LogP) is 1.08. The quantitative estimate of drug-likeness (QED) is 0.809. The molecule has 5 nitrogen and oxygen atoms in total. The van der Waals surface area contributed by atoms with Crippen LogP contribution >= 0.6 is 0 Å². The van der Waals surface area contributed by atoms with Crippen molar-refractivity contribution in [3.05, 3.63) is 59.9 Å². The average Bonchev–Trinajstić information content (AvgIpc) is 2.90. The Hall–Kier alpha value is -2.53. The van der Waals surface area contributed by atoms with E-state index in [1.165, 1.54) is 16.0 Å². The topological polar surface area (TPSA) is 66.9 Å². The third kappa shape index (κ3) is 3.51. The fourth-order valence-corrected chi connectivity index (χ4v) is 2.99. The molecule has 1 aliphatic heterocycles. The zero-order chi connectivity index (χ0) is 16.9. The zero-order valence-electron chi connectivity index (χ0n) is 13.8. The molecule has 3 rings (SSSR count). The van der Waals surface area contributed by atoms with E-state index in [-0.39, 0.29) is 24.3 Å². The summed E-state index contributed by atoms with van der Waals surface area (Å²) in [7, 11) is 0. The van der Waals surface area contributed by atoms with Gasteiger partial charge in [0.15, 0.2) is 6.04 Å². The van der Waals surface area contributed by atoms with Gasteiger partial charge in [-0.25, -0.2) is 4.90 Å². The number of anilines is 1. The summed E-state index contributed by atoms with van der Waals surface area (Å²) in [6.07, 6.45) is 5.59. The minimum absolute atomic E-state index is 0.112. The Morgan fingerprint density at radius 2 is 1.79 bits per heavy atom. The number of carbonyl (C=O) groups excluding carboxylic acids is 2. The molecule has 5 heteroatoms. The third-order valence-electron chi connectivity index (χ3n) is 4.42. The Morgan fingerprint density at radius 1 is 1.08 bits per heavy atom. The molecule has 1 saturated heterocycles. The maximum Gasteiger partial charge on any atom is 0.292 e. The average molecular weight is 324 g/mol. The van der Waals surface area contributed by atoms with Gasteiger partial charge in [-0.2, -0.15) is 0 Å². The summed E-state index contributed by atoms with van der Waals surface area (Å²) in [6.45, 7) is 2.85. The van der Waals surface area contributed by atoms with Crippen LogP contribution in [0.5, 0.6) is 0 Å². The fourth-order valence-electron chi connectivity index (χ4n) is 2.99. The molecule has 1 aromatic heterocycles. The fraction of sp³-hybridized carbons (Fsp3) is 0.316. The van der Waals surface area contributed by atoms with Gasteiger partial charge < -0.3 is 5.32 Å². The van der Waals surface area contributed by atoms with Crippen molar-refractivity contribution in [2.75, 3.05) is 11.4 Å². The standard InChI is InChI=1S/C19H21N3O2/c1-2-14-3-5-16(6-4-14)22-18(23)13-17(19(22)24)21-12-9-15-7-10-20-11-8-15/h3-8,10-11,17,21H,2,9,12-13H2,1H3/p+1/t17-/m0/s1. The first-order chi connectivity index (χ1) is 11.7. The number of aryl methyl sites for hydroxylation is 1. The highest BCUT2D eigenvalue weighted by atomic mass is 16.2. The van der Waals surface area contributed by atoms with Gasteiger partial charge >= 0.3 is 0 Å². The Balaban J connectivity index is 1.61. The lowest BCUT2D eigenvalue weighted by atomic mass is 10.1. The van der Waals surface area contributed by atoms with Gasteiger partial charge in [-0.05, 0) is 41.8 Å². The van der Waals surface area contributed by atoms with Crippen LogP contribution in [0.2, 0.25) is 0 Å². The highest BCUT2D eigenvalue weighted by Crippen LogP contribution is 2.22. The number of hydrogen-bond acceptors (Lipinski definition) is 3. The summed E-state index contributed by atoms with van der Waals surface area (Å²) in [5.41, 5.74) is 3.05.